The number of anilines is 1. The van der Waals surface area contributed by atoms with Crippen molar-refractivity contribution in [2.24, 2.45) is 5.92 Å². The molecule has 0 saturated carbocycles. The lowest BCUT2D eigenvalue weighted by atomic mass is 10.0. The summed E-state index contributed by atoms with van der Waals surface area (Å²) in [4.78, 5) is 2.06. The molecule has 0 aliphatic heterocycles. The fourth-order valence-electron chi connectivity index (χ4n) is 1.63. The van der Waals surface area contributed by atoms with Crippen LogP contribution in [0.15, 0.2) is 0 Å². The maximum atomic E-state index is 9.19. The van der Waals surface area contributed by atoms with Gasteiger partial charge in [0.05, 0.1) is 18.1 Å². The third-order valence-electron chi connectivity index (χ3n) is 2.66. The topological polar surface area (TPSA) is 79.5 Å². The molecule has 5 nitrogen and oxygen atoms in total. The molecule has 102 valence electrons. The molecule has 0 bridgehead atoms. The number of rotatable bonds is 5. The van der Waals surface area contributed by atoms with Crippen molar-refractivity contribution in [3.63, 3.8) is 0 Å². The second-order valence-corrected chi connectivity index (χ2v) is 6.84. The van der Waals surface area contributed by atoms with Crippen molar-refractivity contribution in [3.05, 3.63) is 3.95 Å². The fraction of sp³-hybridized carbons (Fsp3) is 0.667. The molecule has 1 aromatic heterocycles. The van der Waals surface area contributed by atoms with Crippen LogP contribution in [0.5, 0.6) is 0 Å². The summed E-state index contributed by atoms with van der Waals surface area (Å²) < 4.78 is 0.620. The molecular weight excluding hydrogens is 278 g/mol. The normalized spacial score (nSPS) is 12.5. The van der Waals surface area contributed by atoms with E-state index in [9.17, 15) is 5.26 Å². The Morgan fingerprint density at radius 3 is 2.58 bits per heavy atom. The first-order valence-electron chi connectivity index (χ1n) is 5.98. The Bertz CT molecular complexity index is 540. The molecule has 0 radical (unpaired) electrons. The minimum absolute atomic E-state index is 0.158. The zero-order valence-corrected chi connectivity index (χ0v) is 12.9. The molecule has 0 fully saturated rings. The predicted molar refractivity (Wildman–Crippen MR) is 78.3 cm³/mol. The minimum Gasteiger partial charge on any atom is -0.341 e. The molecule has 1 unspecified atom stereocenters. The first-order valence-corrected chi connectivity index (χ1v) is 7.20. The Hall–Kier alpha value is -1.44. The lowest BCUT2D eigenvalue weighted by Crippen LogP contribution is -2.44. The van der Waals surface area contributed by atoms with Gasteiger partial charge in [-0.05, 0) is 39.4 Å². The summed E-state index contributed by atoms with van der Waals surface area (Å²) in [6, 6.07) is 4.35. The highest BCUT2D eigenvalue weighted by Gasteiger charge is 2.27. The molecular formula is C12H17N5S2. The van der Waals surface area contributed by atoms with Crippen molar-refractivity contribution in [1.29, 1.82) is 10.5 Å². The number of nitriles is 2. The molecule has 0 aliphatic rings. The van der Waals surface area contributed by atoms with Gasteiger partial charge in [-0.1, -0.05) is 11.3 Å². The number of nitrogens with zero attached hydrogens (tertiary/aromatic N) is 4. The highest BCUT2D eigenvalue weighted by atomic mass is 32.1. The summed E-state index contributed by atoms with van der Waals surface area (Å²) in [5.41, 5.74) is -0.158. The highest BCUT2D eigenvalue weighted by molar-refractivity contribution is 7.73. The van der Waals surface area contributed by atoms with Crippen molar-refractivity contribution < 1.29 is 0 Å². The van der Waals surface area contributed by atoms with Gasteiger partial charge in [-0.3, -0.25) is 5.10 Å². The summed E-state index contributed by atoms with van der Waals surface area (Å²) in [6.45, 7) is 6.75. The highest BCUT2D eigenvalue weighted by Crippen LogP contribution is 2.27. The molecule has 0 aromatic carbocycles. The van der Waals surface area contributed by atoms with Crippen molar-refractivity contribution in [3.8, 4) is 12.1 Å². The van der Waals surface area contributed by atoms with Crippen LogP contribution in [0.1, 0.15) is 33.6 Å². The van der Waals surface area contributed by atoms with Crippen LogP contribution in [0, 0.1) is 32.5 Å². The number of nitrogens with one attached hydrogen (secondary N) is 1. The van der Waals surface area contributed by atoms with Crippen LogP contribution in [0.25, 0.3) is 0 Å². The predicted octanol–water partition coefficient (Wildman–Crippen LogP) is 3.25. The van der Waals surface area contributed by atoms with Gasteiger partial charge in [-0.2, -0.15) is 10.5 Å². The number of aromatic amines is 1. The average molecular weight is 295 g/mol. The molecule has 1 heterocycles. The molecule has 7 heteroatoms. The van der Waals surface area contributed by atoms with Crippen LogP contribution in [0.3, 0.4) is 0 Å². The van der Waals surface area contributed by atoms with Crippen LogP contribution < -0.4 is 4.90 Å². The van der Waals surface area contributed by atoms with E-state index in [1.807, 2.05) is 0 Å². The standard InChI is InChI=1S/C12H17N5S2/c1-12(2,3)17(10-15-16-11(18)19-10)8-9(7-14)5-4-6-13/h9H,4-5,8H2,1-3H3,(H,16,18). The van der Waals surface area contributed by atoms with Crippen LogP contribution in [0.2, 0.25) is 0 Å². The van der Waals surface area contributed by atoms with Crippen LogP contribution in [-0.2, 0) is 0 Å². The summed E-state index contributed by atoms with van der Waals surface area (Å²) in [7, 11) is 0. The smallest absolute Gasteiger partial charge is 0.207 e. The quantitative estimate of drug-likeness (QED) is 0.843. The second-order valence-electron chi connectivity index (χ2n) is 5.20. The van der Waals surface area contributed by atoms with Crippen molar-refractivity contribution in [2.45, 2.75) is 39.2 Å². The maximum absolute atomic E-state index is 9.19. The number of hydrogen-bond donors (Lipinski definition) is 1. The number of aromatic nitrogens is 2. The molecule has 19 heavy (non-hydrogen) atoms. The lowest BCUT2D eigenvalue weighted by molar-refractivity contribution is 0.460. The van der Waals surface area contributed by atoms with Crippen LogP contribution in [0.4, 0.5) is 5.13 Å². The van der Waals surface area contributed by atoms with Crippen LogP contribution in [-0.4, -0.2) is 22.3 Å². The minimum atomic E-state index is -0.184. The van der Waals surface area contributed by atoms with Gasteiger partial charge in [-0.15, -0.1) is 5.10 Å². The van der Waals surface area contributed by atoms with Gasteiger partial charge in [0, 0.05) is 18.5 Å². The Kier molecular flexibility index (Phi) is 5.46. The summed E-state index contributed by atoms with van der Waals surface area (Å²) in [6.07, 6.45) is 0.974. The van der Waals surface area contributed by atoms with E-state index < -0.39 is 0 Å². The number of hydrogen-bond acceptors (Lipinski definition) is 6. The molecule has 1 atom stereocenters. The molecule has 0 saturated heterocycles. The van der Waals surface area contributed by atoms with Crippen molar-refractivity contribution >= 4 is 28.7 Å². The van der Waals surface area contributed by atoms with Gasteiger partial charge in [0.25, 0.3) is 0 Å². The van der Waals surface area contributed by atoms with E-state index in [1.54, 1.807) is 0 Å². The second kappa shape index (κ2) is 6.65. The third kappa shape index (κ3) is 4.62. The zero-order valence-electron chi connectivity index (χ0n) is 11.3. The van der Waals surface area contributed by atoms with E-state index in [4.69, 9.17) is 17.5 Å². The van der Waals surface area contributed by atoms with E-state index in [2.05, 4.69) is 48.0 Å². The average Bonchev–Trinajstić information content (AvgIpc) is 2.74. The van der Waals surface area contributed by atoms with Crippen molar-refractivity contribution in [1.82, 2.24) is 10.2 Å². The fourth-order valence-corrected chi connectivity index (χ4v) is 2.71. The molecule has 0 spiro atoms. The van der Waals surface area contributed by atoms with E-state index in [0.717, 1.165) is 5.13 Å². The molecule has 1 rings (SSSR count). The molecule has 0 aliphatic carbocycles. The molecule has 1 aromatic rings. The molecule has 0 amide bonds. The number of H-pyrrole nitrogens is 1. The van der Waals surface area contributed by atoms with Crippen molar-refractivity contribution in [2.75, 3.05) is 11.4 Å². The van der Waals surface area contributed by atoms with Crippen LogP contribution >= 0.6 is 23.6 Å². The largest absolute Gasteiger partial charge is 0.341 e. The van der Waals surface area contributed by atoms with Gasteiger partial charge in [0.2, 0.25) is 5.13 Å². The first-order chi connectivity index (χ1) is 8.88. The molecule has 1 N–H and O–H groups in total. The SMILES string of the molecule is CC(C)(C)N(CC(C#N)CCC#N)c1n[nH]c(=S)s1. The van der Waals surface area contributed by atoms with Gasteiger partial charge in [0.15, 0.2) is 3.95 Å². The Morgan fingerprint density at radius 1 is 1.47 bits per heavy atom. The summed E-state index contributed by atoms with van der Waals surface area (Å²) in [5.74, 6) is -0.184. The summed E-state index contributed by atoms with van der Waals surface area (Å²) in [5, 5.41) is 25.6. The summed E-state index contributed by atoms with van der Waals surface area (Å²) >= 11 is 6.45. The Morgan fingerprint density at radius 2 is 2.16 bits per heavy atom. The van der Waals surface area contributed by atoms with Gasteiger partial charge in [0.1, 0.15) is 0 Å². The zero-order chi connectivity index (χ0) is 14.5. The van der Waals surface area contributed by atoms with Gasteiger partial charge in [-0.25, -0.2) is 0 Å². The van der Waals surface area contributed by atoms with E-state index >= 15 is 0 Å². The van der Waals surface area contributed by atoms with Gasteiger partial charge < -0.3 is 4.90 Å². The lowest BCUT2D eigenvalue weighted by Gasteiger charge is -2.36. The third-order valence-corrected chi connectivity index (χ3v) is 3.77. The maximum Gasteiger partial charge on any atom is 0.207 e. The van der Waals surface area contributed by atoms with E-state index in [-0.39, 0.29) is 11.5 Å². The first kappa shape index (κ1) is 15.6. The monoisotopic (exact) mass is 295 g/mol. The van der Waals surface area contributed by atoms with E-state index in [1.165, 1.54) is 11.3 Å². The Balaban J connectivity index is 2.91. The Labute approximate surface area is 122 Å². The van der Waals surface area contributed by atoms with E-state index in [0.29, 0.717) is 23.3 Å². The van der Waals surface area contributed by atoms with Gasteiger partial charge >= 0.3 is 0 Å².